The van der Waals surface area contributed by atoms with Crippen LogP contribution in [0.4, 0.5) is 19.0 Å². The first-order chi connectivity index (χ1) is 6.65. The largest absolute Gasteiger partial charge is 0.368 e. The first-order valence-corrected chi connectivity index (χ1v) is 4.40. The number of rotatable bonds is 2. The van der Waals surface area contributed by atoms with E-state index in [1.54, 1.807) is 6.92 Å². The van der Waals surface area contributed by atoms with E-state index >= 15 is 0 Å². The van der Waals surface area contributed by atoms with Crippen LogP contribution in [0.1, 0.15) is 20.8 Å². The van der Waals surface area contributed by atoms with E-state index < -0.39 is 17.6 Å². The molecule has 0 aliphatic rings. The Balaban J connectivity index is 0.000000791. The van der Waals surface area contributed by atoms with E-state index in [1.807, 2.05) is 13.8 Å². The molecule has 0 atom stereocenters. The molecule has 80 valence electrons. The normalized spacial score (nSPS) is 9.00. The van der Waals surface area contributed by atoms with E-state index in [4.69, 9.17) is 0 Å². The number of halogens is 3. The van der Waals surface area contributed by atoms with Gasteiger partial charge in [0.05, 0.1) is 0 Å². The summed E-state index contributed by atoms with van der Waals surface area (Å²) in [6.07, 6.45) is 0. The number of nitrogens with one attached hydrogen (secondary N) is 1. The molecular formula is C9H13F3N2. The summed E-state index contributed by atoms with van der Waals surface area (Å²) in [7, 11) is 0. The highest BCUT2D eigenvalue weighted by Crippen LogP contribution is 2.13. The van der Waals surface area contributed by atoms with E-state index in [0.29, 0.717) is 12.6 Å². The minimum atomic E-state index is -1.30. The van der Waals surface area contributed by atoms with Crippen LogP contribution in [-0.4, -0.2) is 11.5 Å². The van der Waals surface area contributed by atoms with Crippen LogP contribution in [0, 0.1) is 17.6 Å². The molecule has 0 saturated heterocycles. The van der Waals surface area contributed by atoms with E-state index in [0.717, 1.165) is 0 Å². The fraction of sp³-hybridized carbons (Fsp3) is 0.444. The number of hydrogen-bond acceptors (Lipinski definition) is 2. The van der Waals surface area contributed by atoms with Gasteiger partial charge in [-0.15, -0.1) is 0 Å². The van der Waals surface area contributed by atoms with Crippen molar-refractivity contribution in [3.05, 3.63) is 23.6 Å². The molecule has 0 fully saturated rings. The predicted octanol–water partition coefficient (Wildman–Crippen LogP) is 2.96. The number of pyridine rings is 1. The summed E-state index contributed by atoms with van der Waals surface area (Å²) >= 11 is 0. The molecule has 2 nitrogen and oxygen atoms in total. The number of nitrogens with zero attached hydrogens (tertiary/aromatic N) is 1. The molecule has 0 spiro atoms. The van der Waals surface area contributed by atoms with Crippen molar-refractivity contribution >= 4 is 5.82 Å². The second-order valence-corrected chi connectivity index (χ2v) is 2.12. The van der Waals surface area contributed by atoms with E-state index in [-0.39, 0.29) is 5.82 Å². The highest BCUT2D eigenvalue weighted by atomic mass is 19.2. The van der Waals surface area contributed by atoms with Crippen molar-refractivity contribution in [2.75, 3.05) is 11.9 Å². The van der Waals surface area contributed by atoms with Crippen molar-refractivity contribution in [2.45, 2.75) is 20.8 Å². The third-order valence-corrected chi connectivity index (χ3v) is 1.23. The summed E-state index contributed by atoms with van der Waals surface area (Å²) in [6, 6.07) is 0.459. The van der Waals surface area contributed by atoms with E-state index in [1.165, 1.54) is 0 Å². The predicted molar refractivity (Wildman–Crippen MR) is 49.6 cm³/mol. The average Bonchev–Trinajstić information content (AvgIpc) is 2.18. The summed E-state index contributed by atoms with van der Waals surface area (Å²) < 4.78 is 37.4. The molecular weight excluding hydrogens is 193 g/mol. The van der Waals surface area contributed by atoms with Crippen molar-refractivity contribution in [1.29, 1.82) is 0 Å². The Morgan fingerprint density at radius 3 is 2.29 bits per heavy atom. The first-order valence-electron chi connectivity index (χ1n) is 4.40. The summed E-state index contributed by atoms with van der Waals surface area (Å²) in [4.78, 5) is 3.03. The van der Waals surface area contributed by atoms with Crippen LogP contribution in [0.2, 0.25) is 0 Å². The van der Waals surface area contributed by atoms with Gasteiger partial charge in [-0.2, -0.15) is 9.37 Å². The first kappa shape index (κ1) is 12.7. The maximum Gasteiger partial charge on any atom is 0.251 e. The van der Waals surface area contributed by atoms with Gasteiger partial charge in [-0.05, 0) is 6.92 Å². The Hall–Kier alpha value is -1.26. The van der Waals surface area contributed by atoms with E-state index in [2.05, 4.69) is 10.3 Å². The molecule has 14 heavy (non-hydrogen) atoms. The summed E-state index contributed by atoms with van der Waals surface area (Å²) in [5.41, 5.74) is 0. The van der Waals surface area contributed by atoms with Crippen molar-refractivity contribution < 1.29 is 13.2 Å². The van der Waals surface area contributed by atoms with Crippen LogP contribution < -0.4 is 5.32 Å². The molecule has 5 heteroatoms. The van der Waals surface area contributed by atoms with Crippen LogP contribution in [0.15, 0.2) is 6.07 Å². The topological polar surface area (TPSA) is 24.9 Å². The van der Waals surface area contributed by atoms with Gasteiger partial charge < -0.3 is 5.32 Å². The van der Waals surface area contributed by atoms with Crippen LogP contribution in [0.3, 0.4) is 0 Å². The molecule has 1 heterocycles. The Bertz CT molecular complexity index is 290. The molecule has 0 aromatic carbocycles. The van der Waals surface area contributed by atoms with E-state index in [9.17, 15) is 13.2 Å². The summed E-state index contributed by atoms with van der Waals surface area (Å²) in [6.45, 7) is 6.09. The van der Waals surface area contributed by atoms with Crippen LogP contribution in [-0.2, 0) is 0 Å². The number of anilines is 1. The lowest BCUT2D eigenvalue weighted by Crippen LogP contribution is -2.04. The van der Waals surface area contributed by atoms with Gasteiger partial charge in [-0.1, -0.05) is 13.8 Å². The zero-order valence-corrected chi connectivity index (χ0v) is 8.37. The highest BCUT2D eigenvalue weighted by molar-refractivity contribution is 5.35. The third kappa shape index (κ3) is 3.24. The lowest BCUT2D eigenvalue weighted by atomic mass is 10.4. The quantitative estimate of drug-likeness (QED) is 0.752. The molecule has 0 aliphatic heterocycles. The lowest BCUT2D eigenvalue weighted by Gasteiger charge is -2.02. The highest BCUT2D eigenvalue weighted by Gasteiger charge is 2.09. The molecule has 0 radical (unpaired) electrons. The van der Waals surface area contributed by atoms with Crippen molar-refractivity contribution in [2.24, 2.45) is 0 Å². The SMILES string of the molecule is CC.CCNc1nc(F)c(F)cc1F. The maximum absolute atomic E-state index is 12.7. The average molecular weight is 206 g/mol. The van der Waals surface area contributed by atoms with Crippen LogP contribution in [0.5, 0.6) is 0 Å². The second kappa shape index (κ2) is 6.23. The molecule has 0 amide bonds. The smallest absolute Gasteiger partial charge is 0.251 e. The Labute approximate surface area is 81.2 Å². The molecule has 1 aromatic heterocycles. The fourth-order valence-electron chi connectivity index (χ4n) is 0.736. The Morgan fingerprint density at radius 2 is 1.79 bits per heavy atom. The molecule has 0 bridgehead atoms. The number of hydrogen-bond donors (Lipinski definition) is 1. The van der Waals surface area contributed by atoms with Gasteiger partial charge in [0.1, 0.15) is 0 Å². The van der Waals surface area contributed by atoms with Crippen LogP contribution >= 0.6 is 0 Å². The molecule has 0 saturated carbocycles. The molecule has 0 aliphatic carbocycles. The van der Waals surface area contributed by atoms with Crippen molar-refractivity contribution in [3.8, 4) is 0 Å². The summed E-state index contributed by atoms with van der Waals surface area (Å²) in [5, 5.41) is 2.45. The fourth-order valence-corrected chi connectivity index (χ4v) is 0.736. The van der Waals surface area contributed by atoms with Gasteiger partial charge in [-0.25, -0.2) is 8.78 Å². The van der Waals surface area contributed by atoms with Gasteiger partial charge in [0, 0.05) is 12.6 Å². The lowest BCUT2D eigenvalue weighted by molar-refractivity contribution is 0.466. The van der Waals surface area contributed by atoms with Crippen molar-refractivity contribution in [3.63, 3.8) is 0 Å². The zero-order valence-electron chi connectivity index (χ0n) is 8.37. The van der Waals surface area contributed by atoms with Gasteiger partial charge in [0.15, 0.2) is 17.5 Å². The van der Waals surface area contributed by atoms with Crippen LogP contribution in [0.25, 0.3) is 0 Å². The minimum Gasteiger partial charge on any atom is -0.368 e. The Kier molecular flexibility index (Phi) is 5.67. The van der Waals surface area contributed by atoms with Crippen molar-refractivity contribution in [1.82, 2.24) is 4.98 Å². The zero-order chi connectivity index (χ0) is 11.1. The minimum absolute atomic E-state index is 0.267. The van der Waals surface area contributed by atoms with Gasteiger partial charge >= 0.3 is 0 Å². The summed E-state index contributed by atoms with van der Waals surface area (Å²) in [5.74, 6) is -3.74. The molecule has 1 aromatic rings. The van der Waals surface area contributed by atoms with Gasteiger partial charge in [0.25, 0.3) is 5.95 Å². The maximum atomic E-state index is 12.7. The molecule has 1 N–H and O–H groups in total. The standard InChI is InChI=1S/C7H7F3N2.C2H6/c1-2-11-7-5(9)3-4(8)6(10)12-7;1-2/h3H,2H2,1H3,(H,11,12);1-2H3. The monoisotopic (exact) mass is 206 g/mol. The Morgan fingerprint density at radius 1 is 1.21 bits per heavy atom. The third-order valence-electron chi connectivity index (χ3n) is 1.23. The second-order valence-electron chi connectivity index (χ2n) is 2.12. The molecule has 0 unspecified atom stereocenters. The van der Waals surface area contributed by atoms with Gasteiger partial charge in [-0.3, -0.25) is 0 Å². The number of aromatic nitrogens is 1. The molecule has 1 rings (SSSR count). The van der Waals surface area contributed by atoms with Gasteiger partial charge in [0.2, 0.25) is 0 Å².